The largest absolute Gasteiger partial charge is 0.406 e. The van der Waals surface area contributed by atoms with Gasteiger partial charge in [0.1, 0.15) is 5.54 Å². The van der Waals surface area contributed by atoms with Gasteiger partial charge < -0.3 is 5.32 Å². The maximum Gasteiger partial charge on any atom is 0.406 e. The van der Waals surface area contributed by atoms with Crippen molar-refractivity contribution in [2.24, 2.45) is 5.92 Å². The zero-order valence-corrected chi connectivity index (χ0v) is 9.89. The van der Waals surface area contributed by atoms with Crippen LogP contribution in [-0.2, 0) is 0 Å². The fourth-order valence-corrected chi connectivity index (χ4v) is 3.05. The van der Waals surface area contributed by atoms with Gasteiger partial charge in [0.2, 0.25) is 0 Å². The quantitative estimate of drug-likeness (QED) is 0.805. The molecule has 1 unspecified atom stereocenters. The molecule has 2 aliphatic carbocycles. The Hall–Kier alpha value is -0.290. The first kappa shape index (κ1) is 11.8. The summed E-state index contributed by atoms with van der Waals surface area (Å²) in [6.07, 6.45) is -0.247. The number of nitrogens with zero attached hydrogens (tertiary/aromatic N) is 1. The van der Waals surface area contributed by atoms with E-state index in [4.69, 9.17) is 0 Å². The predicted octanol–water partition coefficient (Wildman–Crippen LogP) is 2.16. The van der Waals surface area contributed by atoms with Gasteiger partial charge in [-0.1, -0.05) is 0 Å². The van der Waals surface area contributed by atoms with Crippen molar-refractivity contribution < 1.29 is 13.2 Å². The molecule has 0 bridgehead atoms. The van der Waals surface area contributed by atoms with Crippen molar-refractivity contribution in [2.45, 2.75) is 49.9 Å². The fraction of sp³-hybridized carbons (Fsp3) is 1.00. The van der Waals surface area contributed by atoms with E-state index in [0.29, 0.717) is 31.8 Å². The van der Waals surface area contributed by atoms with Crippen molar-refractivity contribution in [1.29, 1.82) is 0 Å². The molecule has 98 valence electrons. The summed E-state index contributed by atoms with van der Waals surface area (Å²) in [6.45, 7) is 2.05. The highest BCUT2D eigenvalue weighted by molar-refractivity contribution is 5.11. The summed E-state index contributed by atoms with van der Waals surface area (Å²) < 4.78 is 39.3. The van der Waals surface area contributed by atoms with Gasteiger partial charge in [-0.05, 0) is 44.6 Å². The molecule has 2 nitrogen and oxygen atoms in total. The van der Waals surface area contributed by atoms with E-state index in [9.17, 15) is 13.2 Å². The lowest BCUT2D eigenvalue weighted by molar-refractivity contribution is -0.196. The molecule has 0 aromatic carbocycles. The predicted molar refractivity (Wildman–Crippen MR) is 58.7 cm³/mol. The Labute approximate surface area is 99.5 Å². The molecule has 2 saturated carbocycles. The van der Waals surface area contributed by atoms with Crippen molar-refractivity contribution in [3.05, 3.63) is 0 Å². The molecule has 1 N–H and O–H groups in total. The maximum atomic E-state index is 13.1. The van der Waals surface area contributed by atoms with Gasteiger partial charge >= 0.3 is 6.18 Å². The number of halogens is 3. The van der Waals surface area contributed by atoms with Crippen LogP contribution in [0.15, 0.2) is 0 Å². The van der Waals surface area contributed by atoms with E-state index in [1.165, 1.54) is 12.8 Å². The van der Waals surface area contributed by atoms with E-state index in [-0.39, 0.29) is 6.04 Å². The van der Waals surface area contributed by atoms with Crippen LogP contribution >= 0.6 is 0 Å². The monoisotopic (exact) mass is 248 g/mol. The second-order valence-corrected chi connectivity index (χ2v) is 5.73. The second kappa shape index (κ2) is 3.85. The van der Waals surface area contributed by atoms with Gasteiger partial charge in [0, 0.05) is 19.1 Å². The van der Waals surface area contributed by atoms with Crippen molar-refractivity contribution in [3.8, 4) is 0 Å². The second-order valence-electron chi connectivity index (χ2n) is 5.73. The van der Waals surface area contributed by atoms with Gasteiger partial charge in [0.25, 0.3) is 0 Å². The number of hydrogen-bond donors (Lipinski definition) is 1. The first-order valence-corrected chi connectivity index (χ1v) is 6.58. The minimum absolute atomic E-state index is 0.289. The Morgan fingerprint density at radius 3 is 2.41 bits per heavy atom. The lowest BCUT2D eigenvalue weighted by Crippen LogP contribution is -2.52. The van der Waals surface area contributed by atoms with Crippen LogP contribution in [0.2, 0.25) is 0 Å². The molecule has 0 spiro atoms. The zero-order valence-electron chi connectivity index (χ0n) is 9.89. The summed E-state index contributed by atoms with van der Waals surface area (Å²) in [5.41, 5.74) is -1.47. The van der Waals surface area contributed by atoms with Crippen LogP contribution in [0.5, 0.6) is 0 Å². The fourth-order valence-electron chi connectivity index (χ4n) is 3.05. The van der Waals surface area contributed by atoms with Crippen LogP contribution in [0.1, 0.15) is 32.1 Å². The van der Waals surface area contributed by atoms with Gasteiger partial charge in [-0.25, -0.2) is 0 Å². The van der Waals surface area contributed by atoms with E-state index in [2.05, 4.69) is 5.32 Å². The Balaban J connectivity index is 1.73. The molecule has 17 heavy (non-hydrogen) atoms. The van der Waals surface area contributed by atoms with E-state index in [1.54, 1.807) is 4.90 Å². The molecule has 0 radical (unpaired) electrons. The van der Waals surface area contributed by atoms with Crippen molar-refractivity contribution in [3.63, 3.8) is 0 Å². The van der Waals surface area contributed by atoms with Crippen LogP contribution < -0.4 is 5.32 Å². The molecule has 0 amide bonds. The highest BCUT2D eigenvalue weighted by Gasteiger charge is 2.66. The van der Waals surface area contributed by atoms with E-state index < -0.39 is 11.7 Å². The lowest BCUT2D eigenvalue weighted by atomic mass is 10.1. The molecule has 1 aliphatic heterocycles. The van der Waals surface area contributed by atoms with Crippen molar-refractivity contribution in [2.75, 3.05) is 19.6 Å². The Morgan fingerprint density at radius 2 is 1.88 bits per heavy atom. The Kier molecular flexibility index (Phi) is 2.67. The van der Waals surface area contributed by atoms with Crippen LogP contribution in [0.4, 0.5) is 13.2 Å². The number of alkyl halides is 3. The van der Waals surface area contributed by atoms with Crippen molar-refractivity contribution in [1.82, 2.24) is 10.2 Å². The molecular weight excluding hydrogens is 229 g/mol. The minimum Gasteiger partial charge on any atom is -0.312 e. The lowest BCUT2D eigenvalue weighted by Gasteiger charge is -2.34. The normalized spacial score (nSPS) is 34.4. The van der Waals surface area contributed by atoms with Gasteiger partial charge in [-0.3, -0.25) is 4.90 Å². The first-order valence-electron chi connectivity index (χ1n) is 6.58. The first-order chi connectivity index (χ1) is 8.03. The molecule has 3 fully saturated rings. The van der Waals surface area contributed by atoms with E-state index in [1.807, 2.05) is 0 Å². The third-order valence-corrected chi connectivity index (χ3v) is 4.48. The average Bonchev–Trinajstić information content (AvgIpc) is 3.12. The molecule has 5 heteroatoms. The Bertz CT molecular complexity index is 295. The van der Waals surface area contributed by atoms with E-state index >= 15 is 0 Å². The molecule has 3 aliphatic rings. The molecule has 0 aromatic heterocycles. The average molecular weight is 248 g/mol. The third kappa shape index (κ3) is 2.08. The molecule has 1 heterocycles. The maximum absolute atomic E-state index is 13.1. The summed E-state index contributed by atoms with van der Waals surface area (Å²) in [5.74, 6) is 0.625. The summed E-state index contributed by atoms with van der Waals surface area (Å²) in [4.78, 5) is 1.72. The molecular formula is C12H19F3N2. The standard InChI is InChI=1S/C12H19F3N2/c13-12(14,15)11(4-5-11)17-7-1-6-16-10(8-17)9-2-3-9/h9-10,16H,1-8H2. The van der Waals surface area contributed by atoms with Gasteiger partial charge in [-0.15, -0.1) is 0 Å². The van der Waals surface area contributed by atoms with Gasteiger partial charge in [0.05, 0.1) is 0 Å². The van der Waals surface area contributed by atoms with Gasteiger partial charge in [-0.2, -0.15) is 13.2 Å². The summed E-state index contributed by atoms with van der Waals surface area (Å²) in [6, 6.07) is 0.289. The van der Waals surface area contributed by atoms with Crippen LogP contribution in [0, 0.1) is 5.92 Å². The highest BCUT2D eigenvalue weighted by atomic mass is 19.4. The highest BCUT2D eigenvalue weighted by Crippen LogP contribution is 2.54. The summed E-state index contributed by atoms with van der Waals surface area (Å²) in [5, 5.41) is 3.42. The van der Waals surface area contributed by atoms with Crippen molar-refractivity contribution >= 4 is 0 Å². The summed E-state index contributed by atoms with van der Waals surface area (Å²) in [7, 11) is 0. The molecule has 1 atom stereocenters. The zero-order chi connectivity index (χ0) is 12.1. The number of nitrogens with one attached hydrogen (secondary N) is 1. The smallest absolute Gasteiger partial charge is 0.312 e. The van der Waals surface area contributed by atoms with Gasteiger partial charge in [0.15, 0.2) is 0 Å². The van der Waals surface area contributed by atoms with Crippen LogP contribution in [0.3, 0.4) is 0 Å². The number of rotatable bonds is 2. The SMILES string of the molecule is FC(F)(F)C1(N2CCCNC(C3CC3)C2)CC1. The number of hydrogen-bond acceptors (Lipinski definition) is 2. The Morgan fingerprint density at radius 1 is 1.18 bits per heavy atom. The molecule has 1 saturated heterocycles. The van der Waals surface area contributed by atoms with E-state index in [0.717, 1.165) is 13.0 Å². The van der Waals surface area contributed by atoms with Crippen LogP contribution in [0.25, 0.3) is 0 Å². The molecule has 0 aromatic rings. The minimum atomic E-state index is -4.05. The van der Waals surface area contributed by atoms with Crippen LogP contribution in [-0.4, -0.2) is 42.3 Å². The summed E-state index contributed by atoms with van der Waals surface area (Å²) >= 11 is 0. The third-order valence-electron chi connectivity index (χ3n) is 4.48. The topological polar surface area (TPSA) is 15.3 Å². The molecule has 3 rings (SSSR count).